The van der Waals surface area contributed by atoms with E-state index < -0.39 is 27.5 Å². The number of aliphatic hydroxyl groups excluding tert-OH is 1. The van der Waals surface area contributed by atoms with Crippen molar-refractivity contribution in [3.05, 3.63) is 52.7 Å². The van der Waals surface area contributed by atoms with Crippen LogP contribution in [0.3, 0.4) is 0 Å². The van der Waals surface area contributed by atoms with Crippen molar-refractivity contribution in [2.24, 2.45) is 0 Å². The molecule has 1 aromatic heterocycles. The van der Waals surface area contributed by atoms with Crippen LogP contribution in [0.2, 0.25) is 0 Å². The average molecular weight is 313 g/mol. The summed E-state index contributed by atoms with van der Waals surface area (Å²) in [5.41, 5.74) is 1.21. The molecule has 0 aliphatic rings. The molecule has 0 aliphatic heterocycles. The molecule has 114 valence electrons. The quantitative estimate of drug-likeness (QED) is 0.914. The van der Waals surface area contributed by atoms with Crippen molar-refractivity contribution < 1.29 is 22.4 Å². The number of benzene rings is 1. The second kappa shape index (κ2) is 5.95. The molecule has 1 N–H and O–H groups in total. The lowest BCUT2D eigenvalue weighted by molar-refractivity contribution is 0.200. The number of hydrogen-bond acceptors (Lipinski definition) is 5. The van der Waals surface area contributed by atoms with Gasteiger partial charge in [-0.05, 0) is 37.1 Å². The van der Waals surface area contributed by atoms with E-state index in [0.717, 1.165) is 0 Å². The van der Waals surface area contributed by atoms with Crippen molar-refractivity contribution in [2.45, 2.75) is 25.7 Å². The number of aryl methyl sites for hydroxylation is 2. The second-order valence-corrected chi connectivity index (χ2v) is 7.11. The van der Waals surface area contributed by atoms with Crippen molar-refractivity contribution in [1.29, 1.82) is 0 Å². The highest BCUT2D eigenvalue weighted by molar-refractivity contribution is 7.90. The number of rotatable bonds is 5. The molecule has 0 amide bonds. The molecule has 0 radical (unpaired) electrons. The summed E-state index contributed by atoms with van der Waals surface area (Å²) in [5, 5.41) is 13.7. The van der Waals surface area contributed by atoms with E-state index in [1.54, 1.807) is 13.8 Å². The van der Waals surface area contributed by atoms with Crippen molar-refractivity contribution in [1.82, 2.24) is 5.16 Å². The van der Waals surface area contributed by atoms with Gasteiger partial charge in [-0.15, -0.1) is 0 Å². The summed E-state index contributed by atoms with van der Waals surface area (Å²) in [6.07, 6.45) is -1.21. The lowest BCUT2D eigenvalue weighted by atomic mass is 10.0. The van der Waals surface area contributed by atoms with Crippen LogP contribution in [-0.2, 0) is 15.6 Å². The van der Waals surface area contributed by atoms with Gasteiger partial charge in [0, 0.05) is 6.07 Å². The first-order valence-electron chi connectivity index (χ1n) is 6.33. The molecule has 0 bridgehead atoms. The fourth-order valence-electron chi connectivity index (χ4n) is 2.11. The number of hydrogen-bond donors (Lipinski definition) is 1. The number of nitrogens with zero attached hydrogens (tertiary/aromatic N) is 1. The molecule has 0 saturated heterocycles. The number of aromatic nitrogens is 1. The van der Waals surface area contributed by atoms with Crippen molar-refractivity contribution >= 4 is 9.84 Å². The van der Waals surface area contributed by atoms with Crippen LogP contribution in [0.4, 0.5) is 4.39 Å². The van der Waals surface area contributed by atoms with Crippen LogP contribution in [0.15, 0.2) is 28.8 Å². The van der Waals surface area contributed by atoms with Gasteiger partial charge in [0.2, 0.25) is 0 Å². The fraction of sp³-hybridized carbons (Fsp3) is 0.357. The molecule has 0 aliphatic carbocycles. The minimum absolute atomic E-state index is 0.301. The third-order valence-electron chi connectivity index (χ3n) is 3.05. The Morgan fingerprint density at radius 3 is 2.62 bits per heavy atom. The Morgan fingerprint density at radius 2 is 2.05 bits per heavy atom. The minimum atomic E-state index is -3.56. The standard InChI is InChI=1S/C14H16FNO4S/c1-9-5-11(15)3-4-13(9)14(17)8-21(18,19)7-12-6-10(2)20-16-12/h3-6,14,17H,7-8H2,1-2H3. The maximum Gasteiger partial charge on any atom is 0.159 e. The van der Waals surface area contributed by atoms with Gasteiger partial charge in [0.15, 0.2) is 9.84 Å². The Balaban J connectivity index is 2.12. The highest BCUT2D eigenvalue weighted by Gasteiger charge is 2.22. The van der Waals surface area contributed by atoms with E-state index in [1.807, 2.05) is 0 Å². The van der Waals surface area contributed by atoms with Crippen LogP contribution in [0.1, 0.15) is 28.7 Å². The number of aliphatic hydroxyl groups is 1. The van der Waals surface area contributed by atoms with Gasteiger partial charge in [0.1, 0.15) is 11.6 Å². The summed E-state index contributed by atoms with van der Waals surface area (Å²) >= 11 is 0. The van der Waals surface area contributed by atoms with Gasteiger partial charge in [0.25, 0.3) is 0 Å². The maximum atomic E-state index is 13.0. The molecular formula is C14H16FNO4S. The van der Waals surface area contributed by atoms with E-state index >= 15 is 0 Å². The van der Waals surface area contributed by atoms with Crippen molar-refractivity contribution in [3.8, 4) is 0 Å². The van der Waals surface area contributed by atoms with Gasteiger partial charge in [-0.3, -0.25) is 0 Å². The third-order valence-corrected chi connectivity index (χ3v) is 4.61. The predicted octanol–water partition coefficient (Wildman–Crippen LogP) is 2.08. The molecule has 1 aromatic carbocycles. The summed E-state index contributed by atoms with van der Waals surface area (Å²) in [6.45, 7) is 3.29. The van der Waals surface area contributed by atoms with Gasteiger partial charge >= 0.3 is 0 Å². The van der Waals surface area contributed by atoms with Gasteiger partial charge < -0.3 is 9.63 Å². The maximum absolute atomic E-state index is 13.0. The molecule has 1 atom stereocenters. The molecule has 1 heterocycles. The minimum Gasteiger partial charge on any atom is -0.387 e. The highest BCUT2D eigenvalue weighted by Crippen LogP contribution is 2.21. The average Bonchev–Trinajstić information content (AvgIpc) is 2.72. The Morgan fingerprint density at radius 1 is 1.33 bits per heavy atom. The van der Waals surface area contributed by atoms with E-state index in [4.69, 9.17) is 4.52 Å². The zero-order valence-electron chi connectivity index (χ0n) is 11.7. The lowest BCUT2D eigenvalue weighted by Crippen LogP contribution is -2.17. The Labute approximate surface area is 122 Å². The van der Waals surface area contributed by atoms with Crippen molar-refractivity contribution in [3.63, 3.8) is 0 Å². The first-order valence-corrected chi connectivity index (χ1v) is 8.16. The molecular weight excluding hydrogens is 297 g/mol. The normalized spacial score (nSPS) is 13.3. The predicted molar refractivity (Wildman–Crippen MR) is 74.8 cm³/mol. The molecule has 0 fully saturated rings. The topological polar surface area (TPSA) is 80.4 Å². The molecule has 21 heavy (non-hydrogen) atoms. The van der Waals surface area contributed by atoms with Gasteiger partial charge in [-0.25, -0.2) is 12.8 Å². The van der Waals surface area contributed by atoms with E-state index in [1.165, 1.54) is 24.3 Å². The van der Waals surface area contributed by atoms with Crippen LogP contribution in [0.5, 0.6) is 0 Å². The summed E-state index contributed by atoms with van der Waals surface area (Å²) in [6, 6.07) is 5.38. The zero-order valence-corrected chi connectivity index (χ0v) is 12.5. The third kappa shape index (κ3) is 4.12. The highest BCUT2D eigenvalue weighted by atomic mass is 32.2. The molecule has 1 unspecified atom stereocenters. The smallest absolute Gasteiger partial charge is 0.159 e. The summed E-state index contributed by atoms with van der Waals surface area (Å²) in [4.78, 5) is 0. The van der Waals surface area contributed by atoms with E-state index in [2.05, 4.69) is 5.16 Å². The molecule has 2 rings (SSSR count). The fourth-order valence-corrected chi connectivity index (χ4v) is 3.48. The monoisotopic (exact) mass is 313 g/mol. The van der Waals surface area contributed by atoms with Crippen LogP contribution in [0.25, 0.3) is 0 Å². The van der Waals surface area contributed by atoms with Crippen LogP contribution >= 0.6 is 0 Å². The lowest BCUT2D eigenvalue weighted by Gasteiger charge is -2.13. The first-order chi connectivity index (χ1) is 9.77. The summed E-state index contributed by atoms with van der Waals surface area (Å²) < 4.78 is 41.9. The summed E-state index contributed by atoms with van der Waals surface area (Å²) in [7, 11) is -3.56. The molecule has 5 nitrogen and oxygen atoms in total. The Hall–Kier alpha value is -1.73. The van der Waals surface area contributed by atoms with Gasteiger partial charge in [-0.1, -0.05) is 11.2 Å². The second-order valence-electron chi connectivity index (χ2n) is 5.00. The molecule has 0 saturated carbocycles. The molecule has 2 aromatic rings. The Bertz CT molecular complexity index is 739. The van der Waals surface area contributed by atoms with Crippen LogP contribution < -0.4 is 0 Å². The van der Waals surface area contributed by atoms with Gasteiger partial charge in [0.05, 0.1) is 23.3 Å². The summed E-state index contributed by atoms with van der Waals surface area (Å²) in [5.74, 6) is -0.660. The number of sulfone groups is 1. The Kier molecular flexibility index (Phi) is 4.43. The van der Waals surface area contributed by atoms with Gasteiger partial charge in [-0.2, -0.15) is 0 Å². The zero-order chi connectivity index (χ0) is 15.6. The van der Waals surface area contributed by atoms with Crippen LogP contribution in [-0.4, -0.2) is 24.4 Å². The SMILES string of the molecule is Cc1cc(CS(=O)(=O)CC(O)c2ccc(F)cc2C)no1. The van der Waals surface area contributed by atoms with E-state index in [0.29, 0.717) is 22.6 Å². The number of halogens is 1. The molecule has 7 heteroatoms. The largest absolute Gasteiger partial charge is 0.387 e. The van der Waals surface area contributed by atoms with Crippen LogP contribution in [0, 0.1) is 19.7 Å². The van der Waals surface area contributed by atoms with E-state index in [-0.39, 0.29) is 5.75 Å². The van der Waals surface area contributed by atoms with Crippen molar-refractivity contribution in [2.75, 3.05) is 5.75 Å². The molecule has 0 spiro atoms. The first kappa shape index (κ1) is 15.7. The van der Waals surface area contributed by atoms with E-state index in [9.17, 15) is 17.9 Å².